The topological polar surface area (TPSA) is 71.3 Å². The van der Waals surface area contributed by atoms with E-state index in [9.17, 15) is 26.0 Å². The third-order valence-corrected chi connectivity index (χ3v) is 10.3. The summed E-state index contributed by atoms with van der Waals surface area (Å²) in [6.07, 6.45) is -1.41. The molecule has 0 saturated carbocycles. The molecule has 7 nitrogen and oxygen atoms in total. The van der Waals surface area contributed by atoms with Crippen molar-refractivity contribution in [1.29, 1.82) is 0 Å². The van der Waals surface area contributed by atoms with Gasteiger partial charge in [0.2, 0.25) is 0 Å². The predicted octanol–water partition coefficient (Wildman–Crippen LogP) is 5.48. The maximum atomic E-state index is 13.5. The zero-order chi connectivity index (χ0) is 28.1. The summed E-state index contributed by atoms with van der Waals surface area (Å²) in [6, 6.07) is 9.03. The smallest absolute Gasteiger partial charge is 0.293 e. The van der Waals surface area contributed by atoms with Gasteiger partial charge in [-0.1, -0.05) is 6.92 Å². The molecule has 5 rings (SSSR count). The van der Waals surface area contributed by atoms with Gasteiger partial charge in [0.1, 0.15) is 5.82 Å². The Hall–Kier alpha value is -2.87. The molecule has 39 heavy (non-hydrogen) atoms. The zero-order valence-corrected chi connectivity index (χ0v) is 23.1. The van der Waals surface area contributed by atoms with Crippen LogP contribution in [0.25, 0.3) is 16.6 Å². The lowest BCUT2D eigenvalue weighted by Gasteiger charge is -2.42. The minimum absolute atomic E-state index is 0.00229. The van der Waals surface area contributed by atoms with Crippen LogP contribution in [-0.2, 0) is 10.0 Å². The number of halogens is 4. The number of alkyl halides is 3. The molecule has 0 spiro atoms. The van der Waals surface area contributed by atoms with Crippen molar-refractivity contribution in [2.75, 3.05) is 26.2 Å². The van der Waals surface area contributed by atoms with E-state index in [1.54, 1.807) is 34.8 Å². The molecular formula is C26H27F4N5O2S2. The van der Waals surface area contributed by atoms with Crippen LogP contribution in [0.5, 0.6) is 0 Å². The van der Waals surface area contributed by atoms with E-state index in [4.69, 9.17) is 0 Å². The summed E-state index contributed by atoms with van der Waals surface area (Å²) in [5, 5.41) is 5.79. The van der Waals surface area contributed by atoms with Gasteiger partial charge in [0, 0.05) is 37.6 Å². The lowest BCUT2D eigenvalue weighted by molar-refractivity contribution is -0.176. The Balaban J connectivity index is 1.54. The van der Waals surface area contributed by atoms with Crippen molar-refractivity contribution in [1.82, 2.24) is 24.0 Å². The standard InChI is InChI=1S/C26H27F4N5O2S2/c1-16-10-23-19(12-32-35(23)21-6-4-20(27)5-7-21)11-22(16)24-15-34(39(36,37)25-13-31-18(3)38-25)9-8-33(24)14-17(2)26(28,29)30/h4-7,10-13,17,24H,8-9,14-15H2,1-3H3/t17?,24-/m1/s1. The van der Waals surface area contributed by atoms with Gasteiger partial charge in [-0.15, -0.1) is 11.3 Å². The second-order valence-electron chi connectivity index (χ2n) is 9.82. The van der Waals surface area contributed by atoms with Gasteiger partial charge in [-0.3, -0.25) is 4.90 Å². The van der Waals surface area contributed by atoms with Crippen molar-refractivity contribution < 1.29 is 26.0 Å². The molecule has 1 fully saturated rings. The number of rotatable bonds is 6. The summed E-state index contributed by atoms with van der Waals surface area (Å²) >= 11 is 1.07. The van der Waals surface area contributed by atoms with Crippen LogP contribution in [0, 0.1) is 25.6 Å². The number of hydrogen-bond acceptors (Lipinski definition) is 6. The van der Waals surface area contributed by atoms with Gasteiger partial charge in [-0.05, 0) is 61.4 Å². The van der Waals surface area contributed by atoms with Crippen molar-refractivity contribution in [3.8, 4) is 5.69 Å². The monoisotopic (exact) mass is 581 g/mol. The minimum Gasteiger partial charge on any atom is -0.293 e. The molecule has 0 amide bonds. The third-order valence-electron chi connectivity index (χ3n) is 7.10. The highest BCUT2D eigenvalue weighted by molar-refractivity contribution is 7.91. The highest BCUT2D eigenvalue weighted by Gasteiger charge is 2.42. The van der Waals surface area contributed by atoms with Gasteiger partial charge in [0.25, 0.3) is 10.0 Å². The second-order valence-corrected chi connectivity index (χ2v) is 13.2. The first-order valence-electron chi connectivity index (χ1n) is 12.3. The molecule has 1 unspecified atom stereocenters. The van der Waals surface area contributed by atoms with Crippen molar-refractivity contribution in [3.05, 3.63) is 70.7 Å². The molecule has 0 bridgehead atoms. The molecule has 0 N–H and O–H groups in total. The molecule has 0 aliphatic carbocycles. The number of piperazine rings is 1. The number of thiazole rings is 1. The Labute approximate surface area is 227 Å². The normalized spacial score (nSPS) is 18.6. The fourth-order valence-electron chi connectivity index (χ4n) is 4.91. The molecule has 0 radical (unpaired) electrons. The highest BCUT2D eigenvalue weighted by atomic mass is 32.2. The van der Waals surface area contributed by atoms with Crippen molar-refractivity contribution in [2.45, 2.75) is 37.2 Å². The number of nitrogens with zero attached hydrogens (tertiary/aromatic N) is 5. The van der Waals surface area contributed by atoms with E-state index in [1.165, 1.54) is 22.6 Å². The third kappa shape index (κ3) is 5.45. The first-order valence-corrected chi connectivity index (χ1v) is 14.6. The van der Waals surface area contributed by atoms with Crippen LogP contribution in [-0.4, -0.2) is 64.7 Å². The van der Waals surface area contributed by atoms with E-state index in [0.29, 0.717) is 10.7 Å². The van der Waals surface area contributed by atoms with E-state index in [0.717, 1.165) is 40.3 Å². The summed E-state index contributed by atoms with van der Waals surface area (Å²) in [5.74, 6) is -1.95. The average Bonchev–Trinajstić information content (AvgIpc) is 3.50. The Morgan fingerprint density at radius 1 is 1.10 bits per heavy atom. The van der Waals surface area contributed by atoms with Gasteiger partial charge in [0.05, 0.1) is 34.5 Å². The number of hydrogen-bond donors (Lipinski definition) is 0. The first kappa shape index (κ1) is 27.7. The number of benzene rings is 2. The van der Waals surface area contributed by atoms with E-state index in [1.807, 2.05) is 19.1 Å². The number of sulfonamides is 1. The van der Waals surface area contributed by atoms with E-state index < -0.39 is 28.2 Å². The van der Waals surface area contributed by atoms with E-state index in [2.05, 4.69) is 10.1 Å². The molecule has 1 aliphatic heterocycles. The summed E-state index contributed by atoms with van der Waals surface area (Å²) in [5.41, 5.74) is 2.93. The lowest BCUT2D eigenvalue weighted by atomic mass is 9.95. The predicted molar refractivity (Wildman–Crippen MR) is 141 cm³/mol. The molecule has 1 saturated heterocycles. The van der Waals surface area contributed by atoms with Crippen LogP contribution in [0.1, 0.15) is 29.1 Å². The van der Waals surface area contributed by atoms with Gasteiger partial charge in [-0.2, -0.15) is 22.6 Å². The van der Waals surface area contributed by atoms with Crippen LogP contribution in [0.3, 0.4) is 0 Å². The maximum Gasteiger partial charge on any atom is 0.392 e. The van der Waals surface area contributed by atoms with Gasteiger partial charge in [0.15, 0.2) is 4.21 Å². The zero-order valence-electron chi connectivity index (χ0n) is 21.5. The highest BCUT2D eigenvalue weighted by Crippen LogP contribution is 2.36. The Bertz CT molecular complexity index is 1600. The van der Waals surface area contributed by atoms with Crippen LogP contribution < -0.4 is 0 Å². The van der Waals surface area contributed by atoms with Gasteiger partial charge in [-0.25, -0.2) is 22.5 Å². The van der Waals surface area contributed by atoms with Crippen LogP contribution in [0.4, 0.5) is 17.6 Å². The molecule has 2 aromatic carbocycles. The van der Waals surface area contributed by atoms with Crippen molar-refractivity contribution >= 4 is 32.3 Å². The van der Waals surface area contributed by atoms with Gasteiger partial charge >= 0.3 is 6.18 Å². The molecule has 3 heterocycles. The van der Waals surface area contributed by atoms with Crippen molar-refractivity contribution in [3.63, 3.8) is 0 Å². The summed E-state index contributed by atoms with van der Waals surface area (Å²) < 4.78 is 83.9. The maximum absolute atomic E-state index is 13.5. The quantitative estimate of drug-likeness (QED) is 0.282. The van der Waals surface area contributed by atoms with Crippen LogP contribution in [0.2, 0.25) is 0 Å². The van der Waals surface area contributed by atoms with Crippen LogP contribution in [0.15, 0.2) is 53.0 Å². The van der Waals surface area contributed by atoms with Gasteiger partial charge < -0.3 is 0 Å². The molecule has 2 aromatic heterocycles. The number of aryl methyl sites for hydroxylation is 2. The Kier molecular flexibility index (Phi) is 7.29. The fraction of sp³-hybridized carbons (Fsp3) is 0.385. The minimum atomic E-state index is -4.37. The first-order chi connectivity index (χ1) is 18.3. The lowest BCUT2D eigenvalue weighted by Crippen LogP contribution is -2.52. The fourth-order valence-corrected chi connectivity index (χ4v) is 7.62. The van der Waals surface area contributed by atoms with E-state index in [-0.39, 0.29) is 36.2 Å². The van der Waals surface area contributed by atoms with Crippen LogP contribution >= 0.6 is 11.3 Å². The largest absolute Gasteiger partial charge is 0.392 e. The molecule has 1 aliphatic rings. The Morgan fingerprint density at radius 3 is 2.46 bits per heavy atom. The molecule has 2 atom stereocenters. The second kappa shape index (κ2) is 10.3. The summed E-state index contributed by atoms with van der Waals surface area (Å²) in [6.45, 7) is 4.67. The average molecular weight is 582 g/mol. The number of aromatic nitrogens is 3. The Morgan fingerprint density at radius 2 is 1.82 bits per heavy atom. The van der Waals surface area contributed by atoms with E-state index >= 15 is 0 Å². The molecule has 13 heteroatoms. The SMILES string of the molecule is Cc1ncc(S(=O)(=O)N2CCN(CC(C)C(F)(F)F)[C@@H](c3cc4cnn(-c5ccc(F)cc5)c4cc3C)C2)s1. The number of fused-ring (bicyclic) bond motifs is 1. The summed E-state index contributed by atoms with van der Waals surface area (Å²) in [4.78, 5) is 5.79. The molecule has 4 aromatic rings. The molecule has 208 valence electrons. The van der Waals surface area contributed by atoms with Crippen molar-refractivity contribution in [2.24, 2.45) is 5.92 Å². The molecular weight excluding hydrogens is 554 g/mol. The summed E-state index contributed by atoms with van der Waals surface area (Å²) in [7, 11) is -3.86.